The van der Waals surface area contributed by atoms with E-state index < -0.39 is 0 Å². The predicted molar refractivity (Wildman–Crippen MR) is 61.0 cm³/mol. The molecule has 3 aromatic rings. The van der Waals surface area contributed by atoms with Crippen LogP contribution >= 0.6 is 0 Å². The summed E-state index contributed by atoms with van der Waals surface area (Å²) < 4.78 is 0. The van der Waals surface area contributed by atoms with Gasteiger partial charge in [0.15, 0.2) is 5.65 Å². The number of hydrogen-bond donors (Lipinski definition) is 2. The Labute approximate surface area is 96.4 Å². The average molecular weight is 227 g/mol. The minimum Gasteiger partial charge on any atom is -0.364 e. The lowest BCUT2D eigenvalue weighted by Gasteiger charge is -2.04. The minimum absolute atomic E-state index is 0.583. The van der Waals surface area contributed by atoms with Gasteiger partial charge in [-0.2, -0.15) is 5.10 Å². The van der Waals surface area contributed by atoms with E-state index in [0.29, 0.717) is 12.2 Å². The number of H-pyrrole nitrogens is 1. The largest absolute Gasteiger partial charge is 0.364 e. The third-order valence-corrected chi connectivity index (χ3v) is 2.33. The summed E-state index contributed by atoms with van der Waals surface area (Å²) in [7, 11) is 0. The topological polar surface area (TPSA) is 92.3 Å². The van der Waals surface area contributed by atoms with Crippen molar-refractivity contribution in [1.29, 1.82) is 0 Å². The third kappa shape index (κ3) is 1.89. The number of nitrogens with one attached hydrogen (secondary N) is 2. The van der Waals surface area contributed by atoms with Gasteiger partial charge in [-0.05, 0) is 6.07 Å². The molecule has 0 aliphatic carbocycles. The van der Waals surface area contributed by atoms with Gasteiger partial charge in [-0.1, -0.05) is 0 Å². The highest BCUT2D eigenvalue weighted by Crippen LogP contribution is 2.16. The molecule has 0 saturated heterocycles. The standard InChI is InChI=1S/C10H9N7/c1-2-11-5-13-7(1)3-12-9-8-4-16-17-10(8)15-6-14-9/h1-2,4-6H,3H2,(H2,12,14,15,16,17). The molecule has 17 heavy (non-hydrogen) atoms. The van der Waals surface area contributed by atoms with Gasteiger partial charge in [0.05, 0.1) is 23.8 Å². The highest BCUT2D eigenvalue weighted by Gasteiger charge is 2.04. The second-order valence-corrected chi connectivity index (χ2v) is 3.41. The normalized spacial score (nSPS) is 10.6. The molecule has 3 rings (SSSR count). The molecule has 7 heteroatoms. The van der Waals surface area contributed by atoms with E-state index in [0.717, 1.165) is 16.9 Å². The van der Waals surface area contributed by atoms with Gasteiger partial charge < -0.3 is 5.32 Å². The lowest BCUT2D eigenvalue weighted by Crippen LogP contribution is -2.03. The van der Waals surface area contributed by atoms with Crippen LogP contribution in [0.1, 0.15) is 5.69 Å². The van der Waals surface area contributed by atoms with Crippen LogP contribution in [0.3, 0.4) is 0 Å². The molecule has 0 aliphatic rings. The van der Waals surface area contributed by atoms with Crippen molar-refractivity contribution in [1.82, 2.24) is 30.1 Å². The molecule has 84 valence electrons. The number of aromatic nitrogens is 6. The number of fused-ring (bicyclic) bond motifs is 1. The summed E-state index contributed by atoms with van der Waals surface area (Å²) in [6.07, 6.45) is 6.41. The van der Waals surface area contributed by atoms with Crippen molar-refractivity contribution in [2.24, 2.45) is 0 Å². The van der Waals surface area contributed by atoms with Crippen molar-refractivity contribution in [2.45, 2.75) is 6.54 Å². The molecule has 0 spiro atoms. The molecule has 0 aliphatic heterocycles. The summed E-state index contributed by atoms with van der Waals surface area (Å²) >= 11 is 0. The molecule has 3 aromatic heterocycles. The van der Waals surface area contributed by atoms with Gasteiger partial charge in [-0.3, -0.25) is 5.10 Å². The Balaban J connectivity index is 1.84. The van der Waals surface area contributed by atoms with Gasteiger partial charge in [-0.15, -0.1) is 0 Å². The molecule has 0 radical (unpaired) electrons. The smallest absolute Gasteiger partial charge is 0.160 e. The monoisotopic (exact) mass is 227 g/mol. The van der Waals surface area contributed by atoms with E-state index in [1.165, 1.54) is 12.7 Å². The van der Waals surface area contributed by atoms with E-state index in [-0.39, 0.29) is 0 Å². The Hall–Kier alpha value is -2.57. The van der Waals surface area contributed by atoms with Crippen LogP contribution in [-0.4, -0.2) is 30.1 Å². The van der Waals surface area contributed by atoms with Gasteiger partial charge in [0.1, 0.15) is 18.5 Å². The molecule has 0 bridgehead atoms. The Morgan fingerprint density at radius 2 is 2.18 bits per heavy atom. The molecular formula is C10H9N7. The summed E-state index contributed by atoms with van der Waals surface area (Å²) in [5, 5.41) is 10.8. The lowest BCUT2D eigenvalue weighted by molar-refractivity contribution is 0.996. The molecular weight excluding hydrogens is 218 g/mol. The molecule has 3 heterocycles. The van der Waals surface area contributed by atoms with Crippen molar-refractivity contribution in [3.8, 4) is 0 Å². The fourth-order valence-corrected chi connectivity index (χ4v) is 1.50. The summed E-state index contributed by atoms with van der Waals surface area (Å²) in [5.41, 5.74) is 1.61. The number of anilines is 1. The van der Waals surface area contributed by atoms with E-state index in [1.54, 1.807) is 12.4 Å². The SMILES string of the molecule is c1cc(CNc2ncnc3[nH]ncc23)ncn1. The molecule has 2 N–H and O–H groups in total. The highest BCUT2D eigenvalue weighted by atomic mass is 15.2. The van der Waals surface area contributed by atoms with E-state index in [1.807, 2.05) is 6.07 Å². The van der Waals surface area contributed by atoms with Crippen molar-refractivity contribution in [3.63, 3.8) is 0 Å². The van der Waals surface area contributed by atoms with E-state index in [9.17, 15) is 0 Å². The van der Waals surface area contributed by atoms with Crippen LogP contribution in [0.2, 0.25) is 0 Å². The average Bonchev–Trinajstić information content (AvgIpc) is 2.86. The molecule has 0 atom stereocenters. The maximum atomic E-state index is 4.17. The second kappa shape index (κ2) is 4.12. The van der Waals surface area contributed by atoms with Gasteiger partial charge in [0, 0.05) is 6.20 Å². The molecule has 0 saturated carbocycles. The zero-order valence-corrected chi connectivity index (χ0v) is 8.83. The van der Waals surface area contributed by atoms with Crippen LogP contribution < -0.4 is 5.32 Å². The van der Waals surface area contributed by atoms with Gasteiger partial charge in [-0.25, -0.2) is 19.9 Å². The van der Waals surface area contributed by atoms with Crippen LogP contribution in [0, 0.1) is 0 Å². The first-order valence-corrected chi connectivity index (χ1v) is 5.06. The Bertz CT molecular complexity index is 619. The Morgan fingerprint density at radius 3 is 3.06 bits per heavy atom. The second-order valence-electron chi connectivity index (χ2n) is 3.41. The van der Waals surface area contributed by atoms with Crippen LogP contribution in [0.5, 0.6) is 0 Å². The molecule has 0 fully saturated rings. The fourth-order valence-electron chi connectivity index (χ4n) is 1.50. The number of aromatic amines is 1. The highest BCUT2D eigenvalue weighted by molar-refractivity contribution is 5.85. The van der Waals surface area contributed by atoms with Crippen molar-refractivity contribution >= 4 is 16.9 Å². The van der Waals surface area contributed by atoms with Gasteiger partial charge in [0.25, 0.3) is 0 Å². The lowest BCUT2D eigenvalue weighted by atomic mass is 10.3. The van der Waals surface area contributed by atoms with Crippen molar-refractivity contribution in [2.75, 3.05) is 5.32 Å². The molecule has 7 nitrogen and oxygen atoms in total. The van der Waals surface area contributed by atoms with E-state index in [4.69, 9.17) is 0 Å². The molecule has 0 aromatic carbocycles. The Morgan fingerprint density at radius 1 is 1.18 bits per heavy atom. The molecule has 0 amide bonds. The van der Waals surface area contributed by atoms with Gasteiger partial charge in [0.2, 0.25) is 0 Å². The maximum Gasteiger partial charge on any atom is 0.160 e. The van der Waals surface area contributed by atoms with Crippen LogP contribution in [-0.2, 0) is 6.54 Å². The van der Waals surface area contributed by atoms with E-state index in [2.05, 4.69) is 35.5 Å². The summed E-state index contributed by atoms with van der Waals surface area (Å²) in [6, 6.07) is 1.85. The number of nitrogens with zero attached hydrogens (tertiary/aromatic N) is 5. The minimum atomic E-state index is 0.583. The Kier molecular flexibility index (Phi) is 2.34. The first kappa shape index (κ1) is 9.64. The number of rotatable bonds is 3. The van der Waals surface area contributed by atoms with Crippen LogP contribution in [0.4, 0.5) is 5.82 Å². The zero-order valence-electron chi connectivity index (χ0n) is 8.83. The first-order chi connectivity index (χ1) is 8.43. The van der Waals surface area contributed by atoms with Crippen molar-refractivity contribution in [3.05, 3.63) is 36.8 Å². The summed E-state index contributed by atoms with van der Waals surface area (Å²) in [5.74, 6) is 0.738. The third-order valence-electron chi connectivity index (χ3n) is 2.33. The number of hydrogen-bond acceptors (Lipinski definition) is 6. The molecule has 0 unspecified atom stereocenters. The van der Waals surface area contributed by atoms with Crippen LogP contribution in [0.25, 0.3) is 11.0 Å². The quantitative estimate of drug-likeness (QED) is 0.686. The fraction of sp³-hybridized carbons (Fsp3) is 0.100. The summed E-state index contributed by atoms with van der Waals surface area (Å²) in [6.45, 7) is 0.583. The summed E-state index contributed by atoms with van der Waals surface area (Å²) in [4.78, 5) is 16.2. The van der Waals surface area contributed by atoms with Gasteiger partial charge >= 0.3 is 0 Å². The maximum absolute atomic E-state index is 4.17. The first-order valence-electron chi connectivity index (χ1n) is 5.06. The van der Waals surface area contributed by atoms with Crippen molar-refractivity contribution < 1.29 is 0 Å². The van der Waals surface area contributed by atoms with Crippen LogP contribution in [0.15, 0.2) is 31.1 Å². The van der Waals surface area contributed by atoms with E-state index >= 15 is 0 Å². The zero-order chi connectivity index (χ0) is 11.5. The predicted octanol–water partition coefficient (Wildman–Crippen LogP) is 0.755.